The van der Waals surface area contributed by atoms with Crippen molar-refractivity contribution < 1.29 is 4.39 Å². The van der Waals surface area contributed by atoms with Gasteiger partial charge in [-0.3, -0.25) is 0 Å². The number of hydrogen-bond donors (Lipinski definition) is 0. The zero-order valence-electron chi connectivity index (χ0n) is 11.3. The molecule has 0 bridgehead atoms. The SMILES string of the molecule is Cc1ccc(-c2snc(-c3ccccc3)c2C#N)c(F)c1. The van der Waals surface area contributed by atoms with Crippen LogP contribution in [0.1, 0.15) is 11.1 Å². The third kappa shape index (κ3) is 2.44. The molecule has 0 spiro atoms. The maximum atomic E-state index is 14.1. The summed E-state index contributed by atoms with van der Waals surface area (Å²) in [6, 6.07) is 16.6. The summed E-state index contributed by atoms with van der Waals surface area (Å²) in [4.78, 5) is 0.578. The lowest BCUT2D eigenvalue weighted by Gasteiger charge is -2.02. The Morgan fingerprint density at radius 3 is 2.57 bits per heavy atom. The van der Waals surface area contributed by atoms with Gasteiger partial charge in [-0.2, -0.15) is 9.64 Å². The van der Waals surface area contributed by atoms with Gasteiger partial charge in [-0.05, 0) is 30.1 Å². The number of nitrogens with zero attached hydrogens (tertiary/aromatic N) is 2. The van der Waals surface area contributed by atoms with Crippen LogP contribution in [0.2, 0.25) is 0 Å². The molecule has 2 aromatic carbocycles. The molecule has 0 saturated carbocycles. The second-order valence-electron chi connectivity index (χ2n) is 4.70. The van der Waals surface area contributed by atoms with Gasteiger partial charge >= 0.3 is 0 Å². The lowest BCUT2D eigenvalue weighted by atomic mass is 10.0. The van der Waals surface area contributed by atoms with E-state index >= 15 is 0 Å². The minimum atomic E-state index is -0.324. The first-order chi connectivity index (χ1) is 10.2. The lowest BCUT2D eigenvalue weighted by Crippen LogP contribution is -1.87. The van der Waals surface area contributed by atoms with E-state index in [4.69, 9.17) is 0 Å². The Morgan fingerprint density at radius 2 is 1.90 bits per heavy atom. The van der Waals surface area contributed by atoms with Crippen LogP contribution in [0, 0.1) is 24.1 Å². The Bertz CT molecular complexity index is 832. The molecule has 0 unspecified atom stereocenters. The van der Waals surface area contributed by atoms with Crippen LogP contribution in [0.3, 0.4) is 0 Å². The second kappa shape index (κ2) is 5.47. The van der Waals surface area contributed by atoms with E-state index in [1.807, 2.05) is 43.3 Å². The fourth-order valence-electron chi connectivity index (χ4n) is 2.18. The van der Waals surface area contributed by atoms with E-state index < -0.39 is 0 Å². The molecule has 0 fully saturated rings. The smallest absolute Gasteiger partial charge is 0.132 e. The van der Waals surface area contributed by atoms with Gasteiger partial charge in [-0.15, -0.1) is 0 Å². The third-order valence-electron chi connectivity index (χ3n) is 3.22. The average Bonchev–Trinajstić information content (AvgIpc) is 2.91. The summed E-state index contributed by atoms with van der Waals surface area (Å²) in [6.07, 6.45) is 0. The summed E-state index contributed by atoms with van der Waals surface area (Å²) in [5.74, 6) is -0.324. The highest BCUT2D eigenvalue weighted by molar-refractivity contribution is 7.10. The number of aromatic nitrogens is 1. The molecule has 0 N–H and O–H groups in total. The molecule has 4 heteroatoms. The Kier molecular flexibility index (Phi) is 3.51. The monoisotopic (exact) mass is 294 g/mol. The molecule has 0 aliphatic rings. The van der Waals surface area contributed by atoms with Crippen LogP contribution in [0.15, 0.2) is 48.5 Å². The maximum Gasteiger partial charge on any atom is 0.132 e. The van der Waals surface area contributed by atoms with Crippen LogP contribution in [0.25, 0.3) is 21.7 Å². The van der Waals surface area contributed by atoms with Crippen molar-refractivity contribution >= 4 is 11.5 Å². The molecular formula is C17H11FN2S. The standard InChI is InChI=1S/C17H11FN2S/c1-11-7-8-13(15(18)9-11)17-14(10-19)16(20-21-17)12-5-3-2-4-6-12/h2-9H,1H3. The van der Waals surface area contributed by atoms with E-state index in [0.717, 1.165) is 22.7 Å². The van der Waals surface area contributed by atoms with E-state index in [9.17, 15) is 9.65 Å². The molecule has 102 valence electrons. The Balaban J connectivity index is 2.18. The number of benzene rings is 2. The van der Waals surface area contributed by atoms with Crippen molar-refractivity contribution in [2.75, 3.05) is 0 Å². The highest BCUT2D eigenvalue weighted by Crippen LogP contribution is 2.36. The Labute approximate surface area is 126 Å². The fraction of sp³-hybridized carbons (Fsp3) is 0.0588. The Hall–Kier alpha value is -2.51. The molecule has 0 amide bonds. The van der Waals surface area contributed by atoms with Gasteiger partial charge < -0.3 is 0 Å². The number of halogens is 1. The molecule has 0 radical (unpaired) electrons. The fourth-order valence-corrected chi connectivity index (χ4v) is 3.05. The summed E-state index contributed by atoms with van der Waals surface area (Å²) in [5, 5.41) is 9.45. The van der Waals surface area contributed by atoms with Crippen molar-refractivity contribution in [2.24, 2.45) is 0 Å². The molecule has 1 heterocycles. The molecule has 21 heavy (non-hydrogen) atoms. The highest BCUT2D eigenvalue weighted by Gasteiger charge is 2.18. The molecule has 1 aromatic heterocycles. The topological polar surface area (TPSA) is 36.7 Å². The number of hydrogen-bond acceptors (Lipinski definition) is 3. The molecule has 3 aromatic rings. The van der Waals surface area contributed by atoms with Gasteiger partial charge in [0.05, 0.1) is 10.4 Å². The Morgan fingerprint density at radius 1 is 1.14 bits per heavy atom. The quantitative estimate of drug-likeness (QED) is 0.681. The largest absolute Gasteiger partial charge is 0.206 e. The molecule has 0 saturated heterocycles. The number of aryl methyl sites for hydroxylation is 1. The lowest BCUT2D eigenvalue weighted by molar-refractivity contribution is 0.630. The van der Waals surface area contributed by atoms with Crippen molar-refractivity contribution in [3.8, 4) is 27.8 Å². The van der Waals surface area contributed by atoms with Gasteiger partial charge in [0.25, 0.3) is 0 Å². The summed E-state index contributed by atoms with van der Waals surface area (Å²) in [5.41, 5.74) is 3.18. The van der Waals surface area contributed by atoms with E-state index in [1.54, 1.807) is 6.07 Å². The zero-order valence-corrected chi connectivity index (χ0v) is 12.1. The first-order valence-electron chi connectivity index (χ1n) is 6.42. The van der Waals surface area contributed by atoms with Gasteiger partial charge in [0.1, 0.15) is 17.6 Å². The molecule has 0 aliphatic heterocycles. The van der Waals surface area contributed by atoms with Crippen molar-refractivity contribution in [2.45, 2.75) is 6.92 Å². The average molecular weight is 294 g/mol. The summed E-state index contributed by atoms with van der Waals surface area (Å²) < 4.78 is 18.5. The minimum Gasteiger partial charge on any atom is -0.206 e. The van der Waals surface area contributed by atoms with Gasteiger partial charge in [0, 0.05) is 11.1 Å². The molecule has 2 nitrogen and oxygen atoms in total. The van der Waals surface area contributed by atoms with Crippen LogP contribution in [0.5, 0.6) is 0 Å². The zero-order chi connectivity index (χ0) is 14.8. The summed E-state index contributed by atoms with van der Waals surface area (Å²) in [7, 11) is 0. The second-order valence-corrected chi connectivity index (χ2v) is 5.47. The molecule has 0 atom stereocenters. The van der Waals surface area contributed by atoms with Crippen molar-refractivity contribution in [3.63, 3.8) is 0 Å². The van der Waals surface area contributed by atoms with E-state index in [1.165, 1.54) is 6.07 Å². The van der Waals surface area contributed by atoms with E-state index in [0.29, 0.717) is 21.7 Å². The van der Waals surface area contributed by atoms with Crippen LogP contribution in [-0.2, 0) is 0 Å². The highest BCUT2D eigenvalue weighted by atomic mass is 32.1. The van der Waals surface area contributed by atoms with Gasteiger partial charge in [-0.1, -0.05) is 42.5 Å². The van der Waals surface area contributed by atoms with Gasteiger partial charge in [-0.25, -0.2) is 4.39 Å². The van der Waals surface area contributed by atoms with Crippen LogP contribution in [0.4, 0.5) is 4.39 Å². The van der Waals surface area contributed by atoms with Crippen molar-refractivity contribution in [1.29, 1.82) is 5.26 Å². The van der Waals surface area contributed by atoms with Gasteiger partial charge in [0.2, 0.25) is 0 Å². The predicted octanol–water partition coefficient (Wildman–Crippen LogP) is 4.80. The normalized spacial score (nSPS) is 10.3. The number of nitriles is 1. The molecular weight excluding hydrogens is 283 g/mol. The van der Waals surface area contributed by atoms with Crippen LogP contribution >= 0.6 is 11.5 Å². The summed E-state index contributed by atoms with van der Waals surface area (Å²) in [6.45, 7) is 1.83. The predicted molar refractivity (Wildman–Crippen MR) is 82.4 cm³/mol. The van der Waals surface area contributed by atoms with Gasteiger partial charge in [0.15, 0.2) is 0 Å². The number of rotatable bonds is 2. The van der Waals surface area contributed by atoms with Crippen molar-refractivity contribution in [3.05, 3.63) is 65.5 Å². The third-order valence-corrected chi connectivity index (χ3v) is 4.10. The van der Waals surface area contributed by atoms with Crippen LogP contribution < -0.4 is 0 Å². The first kappa shape index (κ1) is 13.5. The van der Waals surface area contributed by atoms with Crippen LogP contribution in [-0.4, -0.2) is 4.37 Å². The minimum absolute atomic E-state index is 0.324. The van der Waals surface area contributed by atoms with Crippen molar-refractivity contribution in [1.82, 2.24) is 4.37 Å². The molecule has 0 aliphatic carbocycles. The first-order valence-corrected chi connectivity index (χ1v) is 7.20. The van der Waals surface area contributed by atoms with E-state index in [-0.39, 0.29) is 5.82 Å². The maximum absolute atomic E-state index is 14.1. The van der Waals surface area contributed by atoms with E-state index in [2.05, 4.69) is 10.4 Å². The summed E-state index contributed by atoms with van der Waals surface area (Å²) >= 11 is 1.16. The molecule has 3 rings (SSSR count).